The van der Waals surface area contributed by atoms with E-state index < -0.39 is 0 Å². The lowest BCUT2D eigenvalue weighted by Gasteiger charge is -2.11. The van der Waals surface area contributed by atoms with Crippen molar-refractivity contribution in [3.05, 3.63) is 17.1 Å². The molecule has 1 aliphatic rings. The minimum absolute atomic E-state index is 0.832. The van der Waals surface area contributed by atoms with Gasteiger partial charge in [0.2, 0.25) is 0 Å². The molecule has 0 radical (unpaired) electrons. The zero-order chi connectivity index (χ0) is 12.3. The van der Waals surface area contributed by atoms with E-state index in [-0.39, 0.29) is 0 Å². The molecule has 1 aliphatic carbocycles. The average Bonchev–Trinajstić information content (AvgIpc) is 2.83. The minimum atomic E-state index is 0.832. The van der Waals surface area contributed by atoms with Gasteiger partial charge in [0.1, 0.15) is 11.6 Å². The van der Waals surface area contributed by atoms with Crippen LogP contribution in [0.3, 0.4) is 0 Å². The summed E-state index contributed by atoms with van der Waals surface area (Å²) < 4.78 is 0. The topological polar surface area (TPSA) is 37.8 Å². The van der Waals surface area contributed by atoms with Crippen molar-refractivity contribution in [3.63, 3.8) is 0 Å². The summed E-state index contributed by atoms with van der Waals surface area (Å²) in [5, 5.41) is 3.98. The second-order valence-electron chi connectivity index (χ2n) is 4.67. The molecule has 17 heavy (non-hydrogen) atoms. The van der Waals surface area contributed by atoms with Crippen molar-refractivity contribution in [3.8, 4) is 0 Å². The van der Waals surface area contributed by atoms with Gasteiger partial charge in [-0.05, 0) is 26.7 Å². The quantitative estimate of drug-likeness (QED) is 0.891. The summed E-state index contributed by atoms with van der Waals surface area (Å²) in [4.78, 5) is 9.14. The number of aromatic nitrogens is 2. The summed E-state index contributed by atoms with van der Waals surface area (Å²) >= 11 is 2.02. The Kier molecular flexibility index (Phi) is 4.26. The van der Waals surface area contributed by atoms with E-state index in [1.165, 1.54) is 25.7 Å². The summed E-state index contributed by atoms with van der Waals surface area (Å²) in [7, 11) is 1.92. The van der Waals surface area contributed by atoms with Crippen molar-refractivity contribution in [1.82, 2.24) is 9.97 Å². The highest BCUT2D eigenvalue weighted by Crippen LogP contribution is 2.31. The fourth-order valence-corrected chi connectivity index (χ4v) is 3.42. The van der Waals surface area contributed by atoms with Crippen LogP contribution < -0.4 is 5.32 Å². The largest absolute Gasteiger partial charge is 0.373 e. The Bertz CT molecular complexity index is 386. The van der Waals surface area contributed by atoms with Crippen LogP contribution in [0, 0.1) is 13.8 Å². The summed E-state index contributed by atoms with van der Waals surface area (Å²) in [6, 6.07) is 0. The van der Waals surface area contributed by atoms with Crippen molar-refractivity contribution >= 4 is 17.6 Å². The first-order valence-corrected chi connectivity index (χ1v) is 7.39. The van der Waals surface area contributed by atoms with E-state index >= 15 is 0 Å². The number of hydrogen-bond acceptors (Lipinski definition) is 4. The van der Waals surface area contributed by atoms with E-state index in [0.717, 1.165) is 33.9 Å². The molecule has 1 aromatic heterocycles. The molecule has 0 bridgehead atoms. The van der Waals surface area contributed by atoms with Crippen LogP contribution in [0.2, 0.25) is 0 Å². The van der Waals surface area contributed by atoms with Gasteiger partial charge in [-0.2, -0.15) is 11.8 Å². The van der Waals surface area contributed by atoms with Gasteiger partial charge in [0.15, 0.2) is 0 Å². The molecule has 1 aromatic rings. The van der Waals surface area contributed by atoms with Crippen LogP contribution in [0.5, 0.6) is 0 Å². The van der Waals surface area contributed by atoms with Crippen molar-refractivity contribution in [2.75, 3.05) is 12.4 Å². The number of anilines is 1. The maximum atomic E-state index is 4.57. The Balaban J connectivity index is 2.02. The molecule has 0 aromatic carbocycles. The van der Waals surface area contributed by atoms with Crippen LogP contribution in [-0.4, -0.2) is 22.3 Å². The molecular formula is C13H21N3S. The fraction of sp³-hybridized carbons (Fsp3) is 0.692. The Morgan fingerprint density at radius 3 is 2.59 bits per heavy atom. The first-order chi connectivity index (χ1) is 8.20. The lowest BCUT2D eigenvalue weighted by atomic mass is 10.2. The predicted octanol–water partition coefficient (Wildman–Crippen LogP) is 3.31. The van der Waals surface area contributed by atoms with Gasteiger partial charge in [0, 0.05) is 23.6 Å². The molecule has 0 atom stereocenters. The zero-order valence-corrected chi connectivity index (χ0v) is 11.7. The molecule has 1 N–H and O–H groups in total. The molecular weight excluding hydrogens is 230 g/mol. The third-order valence-corrected chi connectivity index (χ3v) is 4.79. The van der Waals surface area contributed by atoms with Crippen molar-refractivity contribution in [2.45, 2.75) is 50.5 Å². The molecule has 1 fully saturated rings. The van der Waals surface area contributed by atoms with Gasteiger partial charge in [-0.15, -0.1) is 0 Å². The SMILES string of the molecule is CNc1nc(CSC2CCCC2)nc(C)c1C. The minimum Gasteiger partial charge on any atom is -0.373 e. The molecule has 0 unspecified atom stereocenters. The molecule has 2 rings (SSSR count). The van der Waals surface area contributed by atoms with Crippen LogP contribution in [-0.2, 0) is 5.75 Å². The molecule has 0 spiro atoms. The van der Waals surface area contributed by atoms with Crippen LogP contribution >= 0.6 is 11.8 Å². The number of hydrogen-bond donors (Lipinski definition) is 1. The molecule has 3 nitrogen and oxygen atoms in total. The summed E-state index contributed by atoms with van der Waals surface area (Å²) in [6.07, 6.45) is 5.53. The van der Waals surface area contributed by atoms with E-state index in [0.29, 0.717) is 0 Å². The highest BCUT2D eigenvalue weighted by Gasteiger charge is 2.16. The van der Waals surface area contributed by atoms with Gasteiger partial charge in [-0.3, -0.25) is 0 Å². The number of rotatable bonds is 4. The van der Waals surface area contributed by atoms with Crippen LogP contribution in [0.4, 0.5) is 5.82 Å². The highest BCUT2D eigenvalue weighted by atomic mass is 32.2. The second kappa shape index (κ2) is 5.71. The Hall–Kier alpha value is -0.770. The van der Waals surface area contributed by atoms with Gasteiger partial charge in [-0.1, -0.05) is 12.8 Å². The fourth-order valence-electron chi connectivity index (χ4n) is 2.24. The zero-order valence-electron chi connectivity index (χ0n) is 10.9. The molecule has 0 saturated heterocycles. The van der Waals surface area contributed by atoms with Crippen molar-refractivity contribution < 1.29 is 0 Å². The Morgan fingerprint density at radius 1 is 1.24 bits per heavy atom. The number of aryl methyl sites for hydroxylation is 1. The van der Waals surface area contributed by atoms with Crippen LogP contribution in [0.25, 0.3) is 0 Å². The highest BCUT2D eigenvalue weighted by molar-refractivity contribution is 7.99. The van der Waals surface area contributed by atoms with E-state index in [9.17, 15) is 0 Å². The standard InChI is InChI=1S/C13H21N3S/c1-9-10(2)15-12(16-13(9)14-3)8-17-11-6-4-5-7-11/h11H,4-8H2,1-3H3,(H,14,15,16). The second-order valence-corrected chi connectivity index (χ2v) is 5.95. The monoisotopic (exact) mass is 251 g/mol. The van der Waals surface area contributed by atoms with Gasteiger partial charge in [-0.25, -0.2) is 9.97 Å². The lowest BCUT2D eigenvalue weighted by molar-refractivity contribution is 0.886. The van der Waals surface area contributed by atoms with Crippen LogP contribution in [0.15, 0.2) is 0 Å². The summed E-state index contributed by atoms with van der Waals surface area (Å²) in [5.41, 5.74) is 2.24. The van der Waals surface area contributed by atoms with Gasteiger partial charge >= 0.3 is 0 Å². The van der Waals surface area contributed by atoms with Crippen molar-refractivity contribution in [1.29, 1.82) is 0 Å². The third kappa shape index (κ3) is 3.12. The maximum absolute atomic E-state index is 4.57. The first kappa shape index (κ1) is 12.7. The Morgan fingerprint density at radius 2 is 1.94 bits per heavy atom. The smallest absolute Gasteiger partial charge is 0.140 e. The normalized spacial score (nSPS) is 16.4. The molecule has 0 aliphatic heterocycles. The van der Waals surface area contributed by atoms with E-state index in [2.05, 4.69) is 29.1 Å². The lowest BCUT2D eigenvalue weighted by Crippen LogP contribution is -2.05. The molecule has 4 heteroatoms. The Labute approximate surface area is 108 Å². The molecule has 1 heterocycles. The molecule has 1 saturated carbocycles. The molecule has 94 valence electrons. The summed E-state index contributed by atoms with van der Waals surface area (Å²) in [6.45, 7) is 4.12. The number of nitrogens with one attached hydrogen (secondary N) is 1. The predicted molar refractivity (Wildman–Crippen MR) is 74.6 cm³/mol. The van der Waals surface area contributed by atoms with Gasteiger partial charge < -0.3 is 5.32 Å². The van der Waals surface area contributed by atoms with Gasteiger partial charge in [0.25, 0.3) is 0 Å². The third-order valence-electron chi connectivity index (χ3n) is 3.42. The van der Waals surface area contributed by atoms with Crippen LogP contribution in [0.1, 0.15) is 42.8 Å². The number of thioether (sulfide) groups is 1. The summed E-state index contributed by atoms with van der Waals surface area (Å²) in [5.74, 6) is 2.88. The van der Waals surface area contributed by atoms with Crippen molar-refractivity contribution in [2.24, 2.45) is 0 Å². The average molecular weight is 251 g/mol. The van der Waals surface area contributed by atoms with E-state index in [1.54, 1.807) is 0 Å². The van der Waals surface area contributed by atoms with E-state index in [4.69, 9.17) is 0 Å². The molecule has 0 amide bonds. The van der Waals surface area contributed by atoms with Gasteiger partial charge in [0.05, 0.1) is 5.75 Å². The first-order valence-electron chi connectivity index (χ1n) is 6.34. The van der Waals surface area contributed by atoms with E-state index in [1.807, 2.05) is 18.8 Å². The number of nitrogens with zero attached hydrogens (tertiary/aromatic N) is 2. The maximum Gasteiger partial charge on any atom is 0.140 e.